The molecule has 4 heterocycles. The monoisotopic (exact) mass is 349 g/mol. The number of aromatic nitrogens is 2. The van der Waals surface area contributed by atoms with Gasteiger partial charge in [0.2, 0.25) is 0 Å². The first kappa shape index (κ1) is 16.2. The van der Waals surface area contributed by atoms with Gasteiger partial charge in [-0.1, -0.05) is 11.2 Å². The predicted molar refractivity (Wildman–Crippen MR) is 90.8 cm³/mol. The molecule has 0 aliphatic carbocycles. The molecule has 2 fully saturated rings. The zero-order valence-corrected chi connectivity index (χ0v) is 14.5. The van der Waals surface area contributed by atoms with Gasteiger partial charge < -0.3 is 14.0 Å². The fourth-order valence-electron chi connectivity index (χ4n) is 3.37. The van der Waals surface area contributed by atoms with Crippen molar-refractivity contribution < 1.29 is 14.0 Å². The van der Waals surface area contributed by atoms with E-state index in [9.17, 15) is 0 Å². The number of hydrogen-bond acceptors (Lipinski definition) is 7. The van der Waals surface area contributed by atoms with Gasteiger partial charge in [0, 0.05) is 26.3 Å². The fraction of sp³-hybridized carbons (Fsp3) is 0.647. The van der Waals surface area contributed by atoms with Crippen molar-refractivity contribution in [3.05, 3.63) is 23.3 Å². The number of nitrogens with zero attached hydrogens (tertiary/aromatic N) is 3. The Labute approximate surface area is 145 Å². The Morgan fingerprint density at radius 2 is 1.88 bits per heavy atom. The van der Waals surface area contributed by atoms with Crippen molar-refractivity contribution in [3.8, 4) is 10.8 Å². The summed E-state index contributed by atoms with van der Waals surface area (Å²) in [4.78, 5) is 7.92. The highest BCUT2D eigenvalue weighted by Gasteiger charge is 2.25. The first-order chi connectivity index (χ1) is 11.9. The second kappa shape index (κ2) is 7.74. The molecule has 0 N–H and O–H groups in total. The van der Waals surface area contributed by atoms with E-state index in [1.54, 1.807) is 11.3 Å². The van der Waals surface area contributed by atoms with Crippen molar-refractivity contribution in [1.82, 2.24) is 15.0 Å². The molecule has 0 radical (unpaired) electrons. The molecular formula is C17H23N3O3S. The van der Waals surface area contributed by atoms with Crippen molar-refractivity contribution >= 4 is 11.3 Å². The van der Waals surface area contributed by atoms with E-state index in [1.807, 2.05) is 17.5 Å². The Hall–Kier alpha value is -1.28. The highest BCUT2D eigenvalue weighted by atomic mass is 32.1. The van der Waals surface area contributed by atoms with Crippen LogP contribution in [-0.4, -0.2) is 53.6 Å². The molecule has 6 nitrogen and oxygen atoms in total. The summed E-state index contributed by atoms with van der Waals surface area (Å²) < 4.78 is 17.0. The van der Waals surface area contributed by atoms with Crippen molar-refractivity contribution in [3.63, 3.8) is 0 Å². The van der Waals surface area contributed by atoms with Gasteiger partial charge in [-0.3, -0.25) is 4.90 Å². The SMILES string of the molecule is c1csc(-c2nc(CN(CC3CCCO3)CC3CCCO3)no2)c1. The van der Waals surface area contributed by atoms with Crippen molar-refractivity contribution in [2.24, 2.45) is 0 Å². The first-order valence-corrected chi connectivity index (χ1v) is 9.57. The standard InChI is InChI=1S/C17H23N3O3S/c1-4-13(21-7-1)10-20(11-14-5-2-8-22-14)12-16-18-17(23-19-16)15-6-3-9-24-15/h3,6,9,13-14H,1-2,4-5,7-8,10-12H2. The molecular weight excluding hydrogens is 326 g/mol. The summed E-state index contributed by atoms with van der Waals surface area (Å²) in [6.45, 7) is 4.24. The molecule has 130 valence electrons. The fourth-order valence-corrected chi connectivity index (χ4v) is 4.02. The van der Waals surface area contributed by atoms with Crippen LogP contribution in [0.25, 0.3) is 10.8 Å². The van der Waals surface area contributed by atoms with Crippen molar-refractivity contribution in [2.75, 3.05) is 26.3 Å². The molecule has 2 aliphatic heterocycles. The smallest absolute Gasteiger partial charge is 0.268 e. The Kier molecular flexibility index (Phi) is 5.22. The third kappa shape index (κ3) is 4.03. The molecule has 2 aromatic rings. The molecule has 0 bridgehead atoms. The van der Waals surface area contributed by atoms with Gasteiger partial charge in [0.15, 0.2) is 5.82 Å². The summed E-state index contributed by atoms with van der Waals surface area (Å²) >= 11 is 1.61. The van der Waals surface area contributed by atoms with E-state index in [0.29, 0.717) is 24.6 Å². The molecule has 0 saturated carbocycles. The number of hydrogen-bond donors (Lipinski definition) is 0. The van der Waals surface area contributed by atoms with Crippen molar-refractivity contribution in [2.45, 2.75) is 44.4 Å². The molecule has 0 spiro atoms. The molecule has 2 aromatic heterocycles. The molecule has 7 heteroatoms. The van der Waals surface area contributed by atoms with E-state index < -0.39 is 0 Å². The zero-order valence-electron chi connectivity index (χ0n) is 13.7. The lowest BCUT2D eigenvalue weighted by molar-refractivity contribution is 0.0334. The van der Waals surface area contributed by atoms with Crippen LogP contribution in [0.15, 0.2) is 22.0 Å². The largest absolute Gasteiger partial charge is 0.377 e. The first-order valence-electron chi connectivity index (χ1n) is 8.69. The Bertz CT molecular complexity index is 601. The van der Waals surface area contributed by atoms with Crippen LogP contribution >= 0.6 is 11.3 Å². The van der Waals surface area contributed by atoms with Crippen LogP contribution in [0.3, 0.4) is 0 Å². The van der Waals surface area contributed by atoms with Gasteiger partial charge in [-0.2, -0.15) is 4.98 Å². The van der Waals surface area contributed by atoms with E-state index in [0.717, 1.165) is 62.7 Å². The minimum Gasteiger partial charge on any atom is -0.377 e. The van der Waals surface area contributed by atoms with Crippen LogP contribution in [-0.2, 0) is 16.0 Å². The van der Waals surface area contributed by atoms with E-state index in [4.69, 9.17) is 14.0 Å². The minimum absolute atomic E-state index is 0.315. The minimum atomic E-state index is 0.315. The van der Waals surface area contributed by atoms with Crippen LogP contribution in [0.5, 0.6) is 0 Å². The topological polar surface area (TPSA) is 60.6 Å². The molecule has 0 aromatic carbocycles. The van der Waals surface area contributed by atoms with Crippen LogP contribution in [0.2, 0.25) is 0 Å². The lowest BCUT2D eigenvalue weighted by Crippen LogP contribution is -2.37. The molecule has 2 atom stereocenters. The van der Waals surface area contributed by atoms with Gasteiger partial charge in [-0.25, -0.2) is 0 Å². The van der Waals surface area contributed by atoms with Gasteiger partial charge in [-0.15, -0.1) is 11.3 Å². The van der Waals surface area contributed by atoms with Gasteiger partial charge >= 0.3 is 0 Å². The summed E-state index contributed by atoms with van der Waals surface area (Å²) in [7, 11) is 0. The lowest BCUT2D eigenvalue weighted by Gasteiger charge is -2.26. The maximum atomic E-state index is 5.80. The number of ether oxygens (including phenoxy) is 2. The second-order valence-electron chi connectivity index (χ2n) is 6.46. The highest BCUT2D eigenvalue weighted by molar-refractivity contribution is 7.13. The van der Waals surface area contributed by atoms with E-state index in [1.165, 1.54) is 0 Å². The lowest BCUT2D eigenvalue weighted by atomic mass is 10.2. The summed E-state index contributed by atoms with van der Waals surface area (Å²) in [6, 6.07) is 3.99. The molecule has 24 heavy (non-hydrogen) atoms. The molecule has 2 aliphatic rings. The average Bonchev–Trinajstić information content (AvgIpc) is 3.37. The zero-order chi connectivity index (χ0) is 16.2. The third-order valence-corrected chi connectivity index (χ3v) is 5.39. The van der Waals surface area contributed by atoms with Crippen LogP contribution in [0.1, 0.15) is 31.5 Å². The maximum Gasteiger partial charge on any atom is 0.268 e. The predicted octanol–water partition coefficient (Wildman–Crippen LogP) is 2.96. The van der Waals surface area contributed by atoms with Gasteiger partial charge in [-0.05, 0) is 37.1 Å². The van der Waals surface area contributed by atoms with Gasteiger partial charge in [0.05, 0.1) is 23.6 Å². The Balaban J connectivity index is 1.41. The van der Waals surface area contributed by atoms with Gasteiger partial charge in [0.1, 0.15) is 0 Å². The summed E-state index contributed by atoms with van der Waals surface area (Å²) in [5.74, 6) is 1.34. The normalized spacial score (nSPS) is 24.2. The second-order valence-corrected chi connectivity index (χ2v) is 7.40. The molecule has 0 amide bonds. The molecule has 4 rings (SSSR count). The van der Waals surface area contributed by atoms with Crippen LogP contribution < -0.4 is 0 Å². The van der Waals surface area contributed by atoms with E-state index in [-0.39, 0.29) is 0 Å². The Morgan fingerprint density at radius 3 is 2.46 bits per heavy atom. The van der Waals surface area contributed by atoms with Crippen LogP contribution in [0.4, 0.5) is 0 Å². The molecule has 2 saturated heterocycles. The quantitative estimate of drug-likeness (QED) is 0.766. The van der Waals surface area contributed by atoms with E-state index in [2.05, 4.69) is 15.0 Å². The third-order valence-electron chi connectivity index (χ3n) is 4.54. The number of thiophene rings is 1. The summed E-state index contributed by atoms with van der Waals surface area (Å²) in [6.07, 6.45) is 5.21. The van der Waals surface area contributed by atoms with Gasteiger partial charge in [0.25, 0.3) is 5.89 Å². The Morgan fingerprint density at radius 1 is 1.12 bits per heavy atom. The highest BCUT2D eigenvalue weighted by Crippen LogP contribution is 2.23. The number of rotatable bonds is 7. The molecule has 2 unspecified atom stereocenters. The van der Waals surface area contributed by atoms with Crippen molar-refractivity contribution in [1.29, 1.82) is 0 Å². The summed E-state index contributed by atoms with van der Waals surface area (Å²) in [5.41, 5.74) is 0. The summed E-state index contributed by atoms with van der Waals surface area (Å²) in [5, 5.41) is 6.17. The van der Waals surface area contributed by atoms with E-state index >= 15 is 0 Å². The van der Waals surface area contributed by atoms with Crippen LogP contribution in [0, 0.1) is 0 Å². The average molecular weight is 349 g/mol. The maximum absolute atomic E-state index is 5.80.